The third kappa shape index (κ3) is 4.78. The molecular formula is C14H18BrN3O. The number of pyridine rings is 1. The van der Waals surface area contributed by atoms with E-state index < -0.39 is 0 Å². The highest BCUT2D eigenvalue weighted by atomic mass is 79.9. The predicted molar refractivity (Wildman–Crippen MR) is 79.1 cm³/mol. The zero-order valence-electron chi connectivity index (χ0n) is 11.0. The Morgan fingerprint density at radius 3 is 3.00 bits per heavy atom. The first-order valence-electron chi connectivity index (χ1n) is 6.22. The summed E-state index contributed by atoms with van der Waals surface area (Å²) in [6, 6.07) is 6.16. The monoisotopic (exact) mass is 323 g/mol. The van der Waals surface area contributed by atoms with Crippen LogP contribution in [0.4, 0.5) is 0 Å². The largest absolute Gasteiger partial charge is 0.383 e. The highest BCUT2D eigenvalue weighted by Gasteiger charge is 1.99. The van der Waals surface area contributed by atoms with Crippen LogP contribution in [0.2, 0.25) is 0 Å². The summed E-state index contributed by atoms with van der Waals surface area (Å²) in [5.74, 6) is 0. The molecule has 0 bridgehead atoms. The van der Waals surface area contributed by atoms with E-state index in [0.29, 0.717) is 0 Å². The molecule has 102 valence electrons. The Hall–Kier alpha value is -1.17. The molecule has 19 heavy (non-hydrogen) atoms. The fourth-order valence-corrected chi connectivity index (χ4v) is 2.02. The van der Waals surface area contributed by atoms with Gasteiger partial charge in [-0.15, -0.1) is 0 Å². The quantitative estimate of drug-likeness (QED) is 0.795. The fourth-order valence-electron chi connectivity index (χ4n) is 1.79. The molecule has 2 aromatic rings. The summed E-state index contributed by atoms with van der Waals surface area (Å²) in [6.45, 7) is 3.27. The Labute approximate surface area is 121 Å². The molecule has 2 rings (SSSR count). The lowest BCUT2D eigenvalue weighted by molar-refractivity contribution is 0.199. The van der Waals surface area contributed by atoms with Gasteiger partial charge < -0.3 is 14.6 Å². The number of hydrogen-bond acceptors (Lipinski definition) is 3. The first kappa shape index (κ1) is 14.2. The predicted octanol–water partition coefficient (Wildman–Crippen LogP) is 2.43. The van der Waals surface area contributed by atoms with Crippen molar-refractivity contribution in [3.05, 3.63) is 52.5 Å². The van der Waals surface area contributed by atoms with Gasteiger partial charge in [-0.1, -0.05) is 0 Å². The Bertz CT molecular complexity index is 496. The first-order valence-corrected chi connectivity index (χ1v) is 7.02. The van der Waals surface area contributed by atoms with Gasteiger partial charge in [0.2, 0.25) is 0 Å². The minimum atomic E-state index is 0.740. The number of hydrogen-bond donors (Lipinski definition) is 1. The maximum absolute atomic E-state index is 4.99. The molecule has 4 nitrogen and oxygen atoms in total. The van der Waals surface area contributed by atoms with Crippen molar-refractivity contribution >= 4 is 15.9 Å². The molecule has 0 spiro atoms. The van der Waals surface area contributed by atoms with E-state index in [1.807, 2.05) is 18.3 Å². The molecule has 0 aromatic carbocycles. The highest BCUT2D eigenvalue weighted by Crippen LogP contribution is 2.09. The number of rotatable bonds is 7. The summed E-state index contributed by atoms with van der Waals surface area (Å²) >= 11 is 3.39. The van der Waals surface area contributed by atoms with E-state index in [2.05, 4.69) is 49.3 Å². The van der Waals surface area contributed by atoms with Crippen LogP contribution in [0.25, 0.3) is 0 Å². The standard InChI is InChI=1S/C14H18BrN3O/c1-19-7-5-16-8-12-4-6-18(10-12)11-14-3-2-13(15)9-17-14/h2-4,6,9-10,16H,5,7-8,11H2,1H3. The van der Waals surface area contributed by atoms with E-state index in [1.165, 1.54) is 5.56 Å². The number of nitrogens with one attached hydrogen (secondary N) is 1. The van der Waals surface area contributed by atoms with Crippen LogP contribution >= 0.6 is 15.9 Å². The summed E-state index contributed by atoms with van der Waals surface area (Å²) in [4.78, 5) is 4.37. The SMILES string of the molecule is COCCNCc1ccn(Cc2ccc(Br)cn2)c1. The Morgan fingerprint density at radius 1 is 1.37 bits per heavy atom. The molecule has 0 aliphatic heterocycles. The van der Waals surface area contributed by atoms with Crippen molar-refractivity contribution in [1.29, 1.82) is 0 Å². The summed E-state index contributed by atoms with van der Waals surface area (Å²) in [6.07, 6.45) is 6.05. The molecule has 0 amide bonds. The van der Waals surface area contributed by atoms with Crippen molar-refractivity contribution in [1.82, 2.24) is 14.9 Å². The molecule has 0 saturated heterocycles. The van der Waals surface area contributed by atoms with Gasteiger partial charge in [-0.2, -0.15) is 0 Å². The van der Waals surface area contributed by atoms with Gasteiger partial charge in [0.25, 0.3) is 0 Å². The van der Waals surface area contributed by atoms with Gasteiger partial charge in [-0.05, 0) is 39.7 Å². The molecule has 0 unspecified atom stereocenters. The van der Waals surface area contributed by atoms with Crippen molar-refractivity contribution in [3.8, 4) is 0 Å². The van der Waals surface area contributed by atoms with Gasteiger partial charge in [0, 0.05) is 43.3 Å². The second-order valence-corrected chi connectivity index (χ2v) is 5.25. The molecule has 2 aromatic heterocycles. The van der Waals surface area contributed by atoms with E-state index in [1.54, 1.807) is 7.11 Å². The van der Waals surface area contributed by atoms with Crippen molar-refractivity contribution in [2.75, 3.05) is 20.3 Å². The smallest absolute Gasteiger partial charge is 0.0642 e. The maximum atomic E-state index is 4.99. The lowest BCUT2D eigenvalue weighted by Gasteiger charge is -2.03. The van der Waals surface area contributed by atoms with Gasteiger partial charge in [0.15, 0.2) is 0 Å². The van der Waals surface area contributed by atoms with Gasteiger partial charge in [-0.3, -0.25) is 4.98 Å². The van der Waals surface area contributed by atoms with Crippen molar-refractivity contribution in [3.63, 3.8) is 0 Å². The summed E-state index contributed by atoms with van der Waals surface area (Å²) in [5.41, 5.74) is 2.32. The Balaban J connectivity index is 1.85. The van der Waals surface area contributed by atoms with Crippen molar-refractivity contribution in [2.45, 2.75) is 13.1 Å². The van der Waals surface area contributed by atoms with Gasteiger partial charge >= 0.3 is 0 Å². The minimum absolute atomic E-state index is 0.740. The van der Waals surface area contributed by atoms with E-state index in [4.69, 9.17) is 4.74 Å². The zero-order chi connectivity index (χ0) is 13.5. The average molecular weight is 324 g/mol. The van der Waals surface area contributed by atoms with Crippen LogP contribution in [0, 0.1) is 0 Å². The van der Waals surface area contributed by atoms with E-state index in [-0.39, 0.29) is 0 Å². The van der Waals surface area contributed by atoms with Gasteiger partial charge in [-0.25, -0.2) is 0 Å². The average Bonchev–Trinajstić information content (AvgIpc) is 2.85. The Kier molecular flexibility index (Phi) is 5.57. The minimum Gasteiger partial charge on any atom is -0.383 e. The lowest BCUT2D eigenvalue weighted by atomic mass is 10.3. The molecule has 1 N–H and O–H groups in total. The zero-order valence-corrected chi connectivity index (χ0v) is 12.6. The van der Waals surface area contributed by atoms with E-state index >= 15 is 0 Å². The number of nitrogens with zero attached hydrogens (tertiary/aromatic N) is 2. The number of aromatic nitrogens is 2. The second kappa shape index (κ2) is 7.43. The van der Waals surface area contributed by atoms with E-state index in [9.17, 15) is 0 Å². The molecule has 0 aliphatic rings. The number of methoxy groups -OCH3 is 1. The third-order valence-corrected chi connectivity index (χ3v) is 3.23. The Morgan fingerprint density at radius 2 is 2.26 bits per heavy atom. The molecule has 0 radical (unpaired) electrons. The fraction of sp³-hybridized carbons (Fsp3) is 0.357. The molecule has 0 saturated carbocycles. The third-order valence-electron chi connectivity index (χ3n) is 2.76. The van der Waals surface area contributed by atoms with Crippen molar-refractivity contribution in [2.24, 2.45) is 0 Å². The van der Waals surface area contributed by atoms with E-state index in [0.717, 1.165) is 36.4 Å². The van der Waals surface area contributed by atoms with Crippen molar-refractivity contribution < 1.29 is 4.74 Å². The molecule has 5 heteroatoms. The van der Waals surface area contributed by atoms with Crippen LogP contribution in [0.5, 0.6) is 0 Å². The van der Waals surface area contributed by atoms with Crippen LogP contribution in [-0.2, 0) is 17.8 Å². The maximum Gasteiger partial charge on any atom is 0.0642 e. The van der Waals surface area contributed by atoms with Crippen LogP contribution in [0.1, 0.15) is 11.3 Å². The first-order chi connectivity index (χ1) is 9.28. The molecule has 0 atom stereocenters. The van der Waals surface area contributed by atoms with Gasteiger partial charge in [0.05, 0.1) is 18.8 Å². The topological polar surface area (TPSA) is 39.1 Å². The number of ether oxygens (including phenoxy) is 1. The second-order valence-electron chi connectivity index (χ2n) is 4.33. The molecule has 0 fully saturated rings. The summed E-state index contributed by atoms with van der Waals surface area (Å²) in [7, 11) is 1.71. The van der Waals surface area contributed by atoms with Crippen LogP contribution in [0.3, 0.4) is 0 Å². The lowest BCUT2D eigenvalue weighted by Crippen LogP contribution is -2.18. The highest BCUT2D eigenvalue weighted by molar-refractivity contribution is 9.10. The normalized spacial score (nSPS) is 10.8. The molecule has 0 aliphatic carbocycles. The van der Waals surface area contributed by atoms with Crippen LogP contribution in [-0.4, -0.2) is 29.8 Å². The van der Waals surface area contributed by atoms with Gasteiger partial charge in [0.1, 0.15) is 0 Å². The molecular weight excluding hydrogens is 306 g/mol. The molecule has 2 heterocycles. The summed E-state index contributed by atoms with van der Waals surface area (Å²) < 4.78 is 8.14. The number of halogens is 1. The van der Waals surface area contributed by atoms with Crippen LogP contribution < -0.4 is 5.32 Å². The van der Waals surface area contributed by atoms with Crippen LogP contribution in [0.15, 0.2) is 41.3 Å². The summed E-state index contributed by atoms with van der Waals surface area (Å²) in [5, 5.41) is 3.33.